The fourth-order valence-corrected chi connectivity index (χ4v) is 2.58. The zero-order valence-corrected chi connectivity index (χ0v) is 15.2. The molecule has 3 rings (SSSR count). The maximum Gasteiger partial charge on any atom is 0.160 e. The van der Waals surface area contributed by atoms with Gasteiger partial charge in [-0.3, -0.25) is 0 Å². The van der Waals surface area contributed by atoms with Crippen molar-refractivity contribution in [3.05, 3.63) is 114 Å². The Morgan fingerprint density at radius 3 is 1.77 bits per heavy atom. The number of aryl methyl sites for hydroxylation is 1. The number of rotatable bonds is 4. The molecule has 3 aromatic carbocycles. The van der Waals surface area contributed by atoms with Crippen molar-refractivity contribution in [1.29, 1.82) is 0 Å². The van der Waals surface area contributed by atoms with Crippen LogP contribution in [0.2, 0.25) is 0 Å². The van der Waals surface area contributed by atoms with E-state index in [1.54, 1.807) is 0 Å². The first-order valence-corrected chi connectivity index (χ1v) is 8.64. The number of aliphatic imine (C=N–C) groups is 2. The molecule has 0 radical (unpaired) electrons. The summed E-state index contributed by atoms with van der Waals surface area (Å²) in [5.74, 6) is 0.664. The Hall–Kier alpha value is -3.26. The summed E-state index contributed by atoms with van der Waals surface area (Å²) >= 11 is 0. The van der Waals surface area contributed by atoms with Crippen LogP contribution in [0.4, 0.5) is 0 Å². The van der Waals surface area contributed by atoms with E-state index in [-0.39, 0.29) is 0 Å². The van der Waals surface area contributed by atoms with Crippen LogP contribution in [0.5, 0.6) is 0 Å². The van der Waals surface area contributed by atoms with Crippen LogP contribution in [0.3, 0.4) is 0 Å². The van der Waals surface area contributed by atoms with Crippen LogP contribution < -0.4 is 0 Å². The maximum atomic E-state index is 4.82. The van der Waals surface area contributed by atoms with Crippen LogP contribution in [0, 0.1) is 6.92 Å². The van der Waals surface area contributed by atoms with Gasteiger partial charge in [0.25, 0.3) is 0 Å². The Labute approximate surface area is 155 Å². The predicted octanol–water partition coefficient (Wildman–Crippen LogP) is 5.92. The number of nitrogens with zero attached hydrogens (tertiary/aromatic N) is 2. The zero-order chi connectivity index (χ0) is 18.4. The van der Waals surface area contributed by atoms with Crippen LogP contribution in [0.25, 0.3) is 5.70 Å². The Bertz CT molecular complexity index is 935. The third-order valence-electron chi connectivity index (χ3n) is 4.12. The molecule has 0 atom stereocenters. The second kappa shape index (κ2) is 8.21. The fraction of sp³-hybridized carbons (Fsp3) is 0.0833. The minimum Gasteiger partial charge on any atom is -0.233 e. The van der Waals surface area contributed by atoms with Gasteiger partial charge in [-0.15, -0.1) is 0 Å². The zero-order valence-electron chi connectivity index (χ0n) is 15.2. The first-order valence-electron chi connectivity index (χ1n) is 8.64. The molecule has 0 aromatic heterocycles. The van der Waals surface area contributed by atoms with E-state index in [4.69, 9.17) is 9.98 Å². The fourth-order valence-electron chi connectivity index (χ4n) is 2.58. The first-order chi connectivity index (χ1) is 12.6. The van der Waals surface area contributed by atoms with E-state index in [1.165, 1.54) is 5.56 Å². The maximum absolute atomic E-state index is 4.82. The van der Waals surface area contributed by atoms with Crippen molar-refractivity contribution in [2.75, 3.05) is 0 Å². The summed E-state index contributed by atoms with van der Waals surface area (Å²) in [5.41, 5.74) is 5.90. The molecule has 0 saturated carbocycles. The first kappa shape index (κ1) is 17.6. The van der Waals surface area contributed by atoms with Crippen molar-refractivity contribution in [2.45, 2.75) is 13.8 Å². The van der Waals surface area contributed by atoms with Crippen LogP contribution in [-0.2, 0) is 0 Å². The van der Waals surface area contributed by atoms with E-state index in [2.05, 4.69) is 37.8 Å². The molecule has 0 saturated heterocycles. The Morgan fingerprint density at radius 1 is 0.654 bits per heavy atom. The van der Waals surface area contributed by atoms with Crippen LogP contribution in [0.15, 0.2) is 101 Å². The van der Waals surface area contributed by atoms with Gasteiger partial charge in [-0.25, -0.2) is 9.98 Å². The molecule has 128 valence electrons. The molecule has 0 heterocycles. The minimum atomic E-state index is 0.664. The molecule has 2 nitrogen and oxygen atoms in total. The second-order valence-electron chi connectivity index (χ2n) is 6.18. The van der Waals surface area contributed by atoms with Gasteiger partial charge in [0.2, 0.25) is 0 Å². The van der Waals surface area contributed by atoms with Gasteiger partial charge >= 0.3 is 0 Å². The quantitative estimate of drug-likeness (QED) is 0.416. The van der Waals surface area contributed by atoms with E-state index in [0.717, 1.165) is 22.4 Å². The largest absolute Gasteiger partial charge is 0.233 e. The molecule has 0 spiro atoms. The number of amidine groups is 1. The topological polar surface area (TPSA) is 24.7 Å². The van der Waals surface area contributed by atoms with Gasteiger partial charge < -0.3 is 0 Å². The van der Waals surface area contributed by atoms with Gasteiger partial charge in [-0.2, -0.15) is 0 Å². The van der Waals surface area contributed by atoms with Gasteiger partial charge in [0.15, 0.2) is 5.84 Å². The van der Waals surface area contributed by atoms with Crippen molar-refractivity contribution in [3.63, 3.8) is 0 Å². The molecule has 0 bridgehead atoms. The van der Waals surface area contributed by atoms with E-state index in [9.17, 15) is 0 Å². The van der Waals surface area contributed by atoms with Crippen LogP contribution in [-0.4, -0.2) is 11.5 Å². The molecule has 0 fully saturated rings. The van der Waals surface area contributed by atoms with E-state index in [1.807, 2.05) is 67.6 Å². The highest BCUT2D eigenvalue weighted by Crippen LogP contribution is 2.16. The molecule has 3 aromatic rings. The number of benzene rings is 3. The summed E-state index contributed by atoms with van der Waals surface area (Å²) in [6.45, 7) is 8.21. The lowest BCUT2D eigenvalue weighted by molar-refractivity contribution is 1.42. The van der Waals surface area contributed by atoms with Gasteiger partial charge in [-0.05, 0) is 25.0 Å². The molecule has 2 heteroatoms. The van der Waals surface area contributed by atoms with Crippen molar-refractivity contribution in [2.24, 2.45) is 9.98 Å². The summed E-state index contributed by atoms with van der Waals surface area (Å²) in [6.07, 6.45) is 0. The molecule has 0 aliphatic carbocycles. The van der Waals surface area contributed by atoms with Gasteiger partial charge in [0.1, 0.15) is 0 Å². The van der Waals surface area contributed by atoms with Crippen molar-refractivity contribution in [3.8, 4) is 0 Å². The Balaban J connectivity index is 2.01. The molecular weight excluding hydrogens is 316 g/mol. The molecule has 0 unspecified atom stereocenters. The lowest BCUT2D eigenvalue weighted by Crippen LogP contribution is -2.04. The van der Waals surface area contributed by atoms with E-state index < -0.39 is 0 Å². The minimum absolute atomic E-state index is 0.664. The van der Waals surface area contributed by atoms with Gasteiger partial charge in [0.05, 0.1) is 5.70 Å². The molecule has 26 heavy (non-hydrogen) atoms. The standard InChI is InChI=1S/C24H22N2/c1-18-14-16-22(17-15-18)20(3)26-24(23-12-8-5-9-13-23)25-19(2)21-10-6-4-7-11-21/h4-17H,2H2,1,3H3. The van der Waals surface area contributed by atoms with Crippen LogP contribution in [0.1, 0.15) is 29.2 Å². The summed E-state index contributed by atoms with van der Waals surface area (Å²) < 4.78 is 0. The number of hydrogen-bond donors (Lipinski definition) is 0. The summed E-state index contributed by atoms with van der Waals surface area (Å²) in [5, 5.41) is 0. The molecule has 0 amide bonds. The second-order valence-corrected chi connectivity index (χ2v) is 6.18. The highest BCUT2D eigenvalue weighted by Gasteiger charge is 2.06. The van der Waals surface area contributed by atoms with E-state index in [0.29, 0.717) is 11.5 Å². The van der Waals surface area contributed by atoms with Crippen molar-refractivity contribution < 1.29 is 0 Å². The number of hydrogen-bond acceptors (Lipinski definition) is 1. The monoisotopic (exact) mass is 338 g/mol. The average Bonchev–Trinajstić information content (AvgIpc) is 2.69. The average molecular weight is 338 g/mol. The Morgan fingerprint density at radius 2 is 1.19 bits per heavy atom. The normalized spacial score (nSPS) is 12.1. The van der Waals surface area contributed by atoms with Gasteiger partial charge in [-0.1, -0.05) is 97.1 Å². The van der Waals surface area contributed by atoms with Crippen molar-refractivity contribution >= 4 is 17.2 Å². The lowest BCUT2D eigenvalue weighted by atomic mass is 10.1. The molecule has 0 aliphatic rings. The Kier molecular flexibility index (Phi) is 5.55. The predicted molar refractivity (Wildman–Crippen MR) is 112 cm³/mol. The van der Waals surface area contributed by atoms with E-state index >= 15 is 0 Å². The SMILES string of the molecule is C=C(N=C(N=C(C)c1ccc(C)cc1)c1ccccc1)c1ccccc1. The van der Waals surface area contributed by atoms with Crippen LogP contribution >= 0.6 is 0 Å². The van der Waals surface area contributed by atoms with Gasteiger partial charge in [0, 0.05) is 11.3 Å². The third kappa shape index (κ3) is 4.42. The smallest absolute Gasteiger partial charge is 0.160 e. The highest BCUT2D eigenvalue weighted by atomic mass is 14.9. The summed E-state index contributed by atoms with van der Waals surface area (Å²) in [6, 6.07) is 28.3. The molecular formula is C24H22N2. The van der Waals surface area contributed by atoms with Crippen molar-refractivity contribution in [1.82, 2.24) is 0 Å². The third-order valence-corrected chi connectivity index (χ3v) is 4.12. The summed E-state index contributed by atoms with van der Waals surface area (Å²) in [7, 11) is 0. The summed E-state index contributed by atoms with van der Waals surface area (Å²) in [4.78, 5) is 9.55. The molecule has 0 aliphatic heterocycles. The highest BCUT2D eigenvalue weighted by molar-refractivity contribution is 6.12. The molecule has 0 N–H and O–H groups in total. The lowest BCUT2D eigenvalue weighted by Gasteiger charge is -2.07.